The third-order valence-corrected chi connectivity index (χ3v) is 6.30. The molecule has 0 radical (unpaired) electrons. The number of amides is 1. The van der Waals surface area contributed by atoms with Crippen LogP contribution in [-0.4, -0.2) is 55.8 Å². The summed E-state index contributed by atoms with van der Waals surface area (Å²) >= 11 is 0. The van der Waals surface area contributed by atoms with Gasteiger partial charge in [-0.1, -0.05) is 24.5 Å². The second kappa shape index (κ2) is 10.1. The van der Waals surface area contributed by atoms with Gasteiger partial charge in [-0.25, -0.2) is 0 Å². The van der Waals surface area contributed by atoms with Crippen LogP contribution >= 0.6 is 0 Å². The summed E-state index contributed by atoms with van der Waals surface area (Å²) in [4.78, 5) is 16.4. The maximum absolute atomic E-state index is 12.4. The topological polar surface area (TPSA) is 102 Å². The van der Waals surface area contributed by atoms with E-state index < -0.39 is 6.10 Å². The Balaban J connectivity index is 1.26. The molecule has 1 saturated carbocycles. The zero-order chi connectivity index (χ0) is 20.8. The van der Waals surface area contributed by atoms with Crippen LogP contribution in [0.1, 0.15) is 73.3 Å². The van der Waals surface area contributed by atoms with Gasteiger partial charge < -0.3 is 15.2 Å². The fourth-order valence-electron chi connectivity index (χ4n) is 4.54. The fourth-order valence-corrected chi connectivity index (χ4v) is 4.54. The van der Waals surface area contributed by atoms with Crippen LogP contribution in [0.2, 0.25) is 0 Å². The standard InChI is InChI=1S/C22H31N5O3/c28-15-21-19(24-22(29)17-7-4-11-23-13-17)9-8-18(30-21)10-12-27-14-20(25-26-27)16-5-2-1-3-6-16/h4,7,11,13-14,16,18-19,21,28H,1-3,5-6,8-10,12,15H2,(H,24,29)/t18-,19-,21-/m1/s1. The molecule has 30 heavy (non-hydrogen) atoms. The molecule has 2 fully saturated rings. The normalized spacial score (nSPS) is 25.2. The highest BCUT2D eigenvalue weighted by Crippen LogP contribution is 2.31. The highest BCUT2D eigenvalue weighted by Gasteiger charge is 2.32. The molecule has 0 spiro atoms. The number of carbonyl (C=O) groups is 1. The Morgan fingerprint density at radius 1 is 1.23 bits per heavy atom. The zero-order valence-corrected chi connectivity index (χ0v) is 17.3. The molecule has 1 saturated heterocycles. The Bertz CT molecular complexity index is 806. The number of aliphatic hydroxyl groups excluding tert-OH is 1. The second-order valence-electron chi connectivity index (χ2n) is 8.41. The predicted molar refractivity (Wildman–Crippen MR) is 111 cm³/mol. The van der Waals surface area contributed by atoms with Gasteiger partial charge in [-0.3, -0.25) is 14.5 Å². The highest BCUT2D eigenvalue weighted by molar-refractivity contribution is 5.94. The summed E-state index contributed by atoms with van der Waals surface area (Å²) in [7, 11) is 0. The first-order chi connectivity index (χ1) is 14.7. The van der Waals surface area contributed by atoms with E-state index in [1.165, 1.54) is 38.3 Å². The maximum Gasteiger partial charge on any atom is 0.253 e. The van der Waals surface area contributed by atoms with Crippen molar-refractivity contribution in [3.63, 3.8) is 0 Å². The largest absolute Gasteiger partial charge is 0.394 e. The number of hydrogen-bond acceptors (Lipinski definition) is 6. The number of carbonyl (C=O) groups excluding carboxylic acids is 1. The lowest BCUT2D eigenvalue weighted by atomic mass is 9.87. The van der Waals surface area contributed by atoms with Gasteiger partial charge in [0.25, 0.3) is 5.91 Å². The predicted octanol–water partition coefficient (Wildman–Crippen LogP) is 2.45. The van der Waals surface area contributed by atoms with E-state index in [4.69, 9.17) is 4.74 Å². The Morgan fingerprint density at radius 3 is 2.87 bits per heavy atom. The summed E-state index contributed by atoms with van der Waals surface area (Å²) in [5.41, 5.74) is 1.63. The highest BCUT2D eigenvalue weighted by atomic mass is 16.5. The van der Waals surface area contributed by atoms with Gasteiger partial charge in [0, 0.05) is 31.1 Å². The third kappa shape index (κ3) is 5.23. The smallest absolute Gasteiger partial charge is 0.253 e. The number of aromatic nitrogens is 4. The van der Waals surface area contributed by atoms with Crippen molar-refractivity contribution in [2.75, 3.05) is 6.61 Å². The van der Waals surface area contributed by atoms with E-state index in [2.05, 4.69) is 26.8 Å². The van der Waals surface area contributed by atoms with Crippen LogP contribution in [0.3, 0.4) is 0 Å². The average Bonchev–Trinajstić information content (AvgIpc) is 3.28. The summed E-state index contributed by atoms with van der Waals surface area (Å²) in [6, 6.07) is 3.25. The molecular formula is C22H31N5O3. The first-order valence-corrected chi connectivity index (χ1v) is 11.1. The van der Waals surface area contributed by atoms with Gasteiger partial charge in [0.1, 0.15) is 6.10 Å². The minimum absolute atomic E-state index is 0.0380. The van der Waals surface area contributed by atoms with Crippen molar-refractivity contribution in [2.45, 2.75) is 82.1 Å². The number of aliphatic hydroxyl groups is 1. The molecule has 4 rings (SSSR count). The molecule has 2 aromatic rings. The first kappa shape index (κ1) is 20.9. The third-order valence-electron chi connectivity index (χ3n) is 6.30. The summed E-state index contributed by atoms with van der Waals surface area (Å²) in [5, 5.41) is 21.4. The fraction of sp³-hybridized carbons (Fsp3) is 0.636. The summed E-state index contributed by atoms with van der Waals surface area (Å²) in [6.07, 6.45) is 13.6. The van der Waals surface area contributed by atoms with E-state index in [-0.39, 0.29) is 24.7 Å². The van der Waals surface area contributed by atoms with Crippen molar-refractivity contribution < 1.29 is 14.6 Å². The van der Waals surface area contributed by atoms with Crippen molar-refractivity contribution in [1.29, 1.82) is 0 Å². The van der Waals surface area contributed by atoms with Gasteiger partial charge in [-0.15, -0.1) is 5.10 Å². The van der Waals surface area contributed by atoms with Gasteiger partial charge in [0.2, 0.25) is 0 Å². The summed E-state index contributed by atoms with van der Waals surface area (Å²) < 4.78 is 8.00. The first-order valence-electron chi connectivity index (χ1n) is 11.1. The van der Waals surface area contributed by atoms with Crippen LogP contribution in [-0.2, 0) is 11.3 Å². The van der Waals surface area contributed by atoms with Crippen molar-refractivity contribution in [2.24, 2.45) is 0 Å². The molecule has 1 aliphatic carbocycles. The van der Waals surface area contributed by atoms with Crippen LogP contribution in [0.5, 0.6) is 0 Å². The second-order valence-corrected chi connectivity index (χ2v) is 8.41. The van der Waals surface area contributed by atoms with Gasteiger partial charge >= 0.3 is 0 Å². The number of ether oxygens (including phenoxy) is 1. The van der Waals surface area contributed by atoms with Gasteiger partial charge in [0.15, 0.2) is 0 Å². The molecule has 0 unspecified atom stereocenters. The molecule has 2 N–H and O–H groups in total. The number of pyridine rings is 1. The van der Waals surface area contributed by atoms with E-state index in [0.29, 0.717) is 11.5 Å². The van der Waals surface area contributed by atoms with Crippen LogP contribution in [0.25, 0.3) is 0 Å². The monoisotopic (exact) mass is 413 g/mol. The van der Waals surface area contributed by atoms with Crippen molar-refractivity contribution in [3.05, 3.63) is 42.0 Å². The van der Waals surface area contributed by atoms with E-state index >= 15 is 0 Å². The zero-order valence-electron chi connectivity index (χ0n) is 17.3. The molecular weight excluding hydrogens is 382 g/mol. The lowest BCUT2D eigenvalue weighted by Gasteiger charge is -2.36. The van der Waals surface area contributed by atoms with Gasteiger partial charge in [-0.2, -0.15) is 0 Å². The number of nitrogens with zero attached hydrogens (tertiary/aromatic N) is 4. The van der Waals surface area contributed by atoms with Crippen molar-refractivity contribution >= 4 is 5.91 Å². The quantitative estimate of drug-likeness (QED) is 0.723. The summed E-state index contributed by atoms with van der Waals surface area (Å²) in [5.74, 6) is 0.368. The minimum Gasteiger partial charge on any atom is -0.394 e. The van der Waals surface area contributed by atoms with Crippen LogP contribution in [0, 0.1) is 0 Å². The maximum atomic E-state index is 12.4. The molecule has 2 aromatic heterocycles. The number of hydrogen-bond donors (Lipinski definition) is 2. The molecule has 8 nitrogen and oxygen atoms in total. The average molecular weight is 414 g/mol. The molecule has 8 heteroatoms. The van der Waals surface area contributed by atoms with E-state index in [0.717, 1.165) is 31.5 Å². The van der Waals surface area contributed by atoms with E-state index in [1.54, 1.807) is 18.3 Å². The minimum atomic E-state index is -0.405. The van der Waals surface area contributed by atoms with Crippen LogP contribution < -0.4 is 5.32 Å². The Morgan fingerprint density at radius 2 is 2.10 bits per heavy atom. The Hall–Kier alpha value is -2.32. The van der Waals surface area contributed by atoms with E-state index in [1.807, 2.05) is 4.68 Å². The Kier molecular flexibility index (Phi) is 7.07. The molecule has 1 aliphatic heterocycles. The molecule has 1 amide bonds. The molecule has 162 valence electrons. The van der Waals surface area contributed by atoms with Gasteiger partial charge in [-0.05, 0) is 44.2 Å². The lowest BCUT2D eigenvalue weighted by molar-refractivity contribution is -0.0912. The molecule has 2 aliphatic rings. The van der Waals surface area contributed by atoms with Gasteiger partial charge in [0.05, 0.1) is 30.0 Å². The van der Waals surface area contributed by atoms with Crippen LogP contribution in [0.15, 0.2) is 30.7 Å². The lowest BCUT2D eigenvalue weighted by Crippen LogP contribution is -2.51. The molecule has 0 bridgehead atoms. The van der Waals surface area contributed by atoms with Crippen molar-refractivity contribution in [1.82, 2.24) is 25.3 Å². The number of aryl methyl sites for hydroxylation is 1. The summed E-state index contributed by atoms with van der Waals surface area (Å²) in [6.45, 7) is 0.624. The molecule has 3 heterocycles. The van der Waals surface area contributed by atoms with Crippen molar-refractivity contribution in [3.8, 4) is 0 Å². The molecule has 0 aromatic carbocycles. The molecule has 3 atom stereocenters. The van der Waals surface area contributed by atoms with Crippen LogP contribution in [0.4, 0.5) is 0 Å². The number of nitrogens with one attached hydrogen (secondary N) is 1. The van der Waals surface area contributed by atoms with E-state index in [9.17, 15) is 9.90 Å². The Labute approximate surface area is 177 Å². The SMILES string of the molecule is O=C(N[C@@H]1CC[C@H](CCn2cc(C3CCCCC3)nn2)O[C@@H]1CO)c1cccnc1. The number of rotatable bonds is 7.